The Labute approximate surface area is 157 Å². The van der Waals surface area contributed by atoms with Gasteiger partial charge in [0.05, 0.1) is 13.7 Å². The maximum Gasteiger partial charge on any atom is 0.191 e. The van der Waals surface area contributed by atoms with E-state index in [1.807, 2.05) is 24.3 Å². The first kappa shape index (κ1) is 22.0. The lowest BCUT2D eigenvalue weighted by atomic mass is 10.2. The van der Waals surface area contributed by atoms with Crippen LogP contribution in [0.25, 0.3) is 0 Å². The molecule has 0 aromatic heterocycles. The fourth-order valence-corrected chi connectivity index (χ4v) is 1.85. The second kappa shape index (κ2) is 12.4. The predicted octanol–water partition coefficient (Wildman–Crippen LogP) is 2.71. The van der Waals surface area contributed by atoms with Gasteiger partial charge in [-0.15, -0.1) is 24.0 Å². The molecule has 1 aromatic rings. The minimum absolute atomic E-state index is 0. The van der Waals surface area contributed by atoms with Crippen LogP contribution in [0, 0.1) is 0 Å². The third kappa shape index (κ3) is 9.00. The average molecular weight is 434 g/mol. The zero-order chi connectivity index (χ0) is 16.4. The molecule has 0 aliphatic heterocycles. The molecule has 0 unspecified atom stereocenters. The second-order valence-corrected chi connectivity index (χ2v) is 5.54. The van der Waals surface area contributed by atoms with Gasteiger partial charge in [0.25, 0.3) is 0 Å². The number of halogens is 1. The van der Waals surface area contributed by atoms with Crippen LogP contribution < -0.4 is 15.4 Å². The SMILES string of the molecule is CCNC(=NCc1ccc(OC)cc1)NCCN(C)C(C)C.I. The zero-order valence-electron chi connectivity index (χ0n) is 14.9. The van der Waals surface area contributed by atoms with Crippen molar-refractivity contribution in [3.8, 4) is 5.75 Å². The van der Waals surface area contributed by atoms with Crippen LogP contribution in [0.1, 0.15) is 26.3 Å². The van der Waals surface area contributed by atoms with Crippen LogP contribution in [-0.2, 0) is 6.54 Å². The summed E-state index contributed by atoms with van der Waals surface area (Å²) in [6.45, 7) is 9.85. The van der Waals surface area contributed by atoms with Crippen molar-refractivity contribution in [1.82, 2.24) is 15.5 Å². The fourth-order valence-electron chi connectivity index (χ4n) is 1.85. The van der Waals surface area contributed by atoms with E-state index in [-0.39, 0.29) is 24.0 Å². The Morgan fingerprint density at radius 3 is 2.39 bits per heavy atom. The topological polar surface area (TPSA) is 48.9 Å². The number of ether oxygens (including phenoxy) is 1. The largest absolute Gasteiger partial charge is 0.497 e. The van der Waals surface area contributed by atoms with Crippen molar-refractivity contribution in [1.29, 1.82) is 0 Å². The van der Waals surface area contributed by atoms with Gasteiger partial charge in [0.2, 0.25) is 0 Å². The second-order valence-electron chi connectivity index (χ2n) is 5.54. The maximum atomic E-state index is 5.16. The highest BCUT2D eigenvalue weighted by atomic mass is 127. The van der Waals surface area contributed by atoms with Crippen LogP contribution in [0.3, 0.4) is 0 Å². The lowest BCUT2D eigenvalue weighted by Crippen LogP contribution is -2.42. The quantitative estimate of drug-likeness (QED) is 0.375. The fraction of sp³-hybridized carbons (Fsp3) is 0.588. The Morgan fingerprint density at radius 2 is 1.87 bits per heavy atom. The zero-order valence-corrected chi connectivity index (χ0v) is 17.3. The first-order chi connectivity index (χ1) is 10.6. The van der Waals surface area contributed by atoms with Crippen LogP contribution in [0.15, 0.2) is 29.3 Å². The molecule has 0 saturated carbocycles. The number of methoxy groups -OCH3 is 1. The van der Waals surface area contributed by atoms with E-state index in [0.29, 0.717) is 12.6 Å². The summed E-state index contributed by atoms with van der Waals surface area (Å²) in [5.74, 6) is 1.73. The highest BCUT2D eigenvalue weighted by molar-refractivity contribution is 14.0. The number of rotatable bonds is 8. The lowest BCUT2D eigenvalue weighted by molar-refractivity contribution is 0.278. The van der Waals surface area contributed by atoms with Crippen molar-refractivity contribution in [3.63, 3.8) is 0 Å². The molecule has 0 amide bonds. The molecule has 1 aromatic carbocycles. The highest BCUT2D eigenvalue weighted by Gasteiger charge is 2.03. The Balaban J connectivity index is 0.00000484. The third-order valence-corrected chi connectivity index (χ3v) is 3.56. The number of guanidine groups is 1. The molecular formula is C17H31IN4O. The van der Waals surface area contributed by atoms with Gasteiger partial charge >= 0.3 is 0 Å². The molecule has 0 atom stereocenters. The summed E-state index contributed by atoms with van der Waals surface area (Å²) in [4.78, 5) is 6.92. The summed E-state index contributed by atoms with van der Waals surface area (Å²) < 4.78 is 5.16. The van der Waals surface area contributed by atoms with Gasteiger partial charge in [0, 0.05) is 25.7 Å². The van der Waals surface area contributed by atoms with E-state index in [0.717, 1.165) is 36.9 Å². The summed E-state index contributed by atoms with van der Waals surface area (Å²) in [7, 11) is 3.81. The van der Waals surface area contributed by atoms with Gasteiger partial charge in [-0.05, 0) is 45.5 Å². The molecule has 0 aliphatic carbocycles. The standard InChI is InChI=1S/C17H30N4O.HI/c1-6-18-17(19-11-12-21(4)14(2)3)20-13-15-7-9-16(22-5)10-8-15;/h7-10,14H,6,11-13H2,1-5H3,(H2,18,19,20);1H. The van der Waals surface area contributed by atoms with Crippen molar-refractivity contribution in [2.75, 3.05) is 33.8 Å². The summed E-state index contributed by atoms with van der Waals surface area (Å²) in [6.07, 6.45) is 0. The normalized spacial score (nSPS) is 11.3. The summed E-state index contributed by atoms with van der Waals surface area (Å²) in [5, 5.41) is 6.65. The lowest BCUT2D eigenvalue weighted by Gasteiger charge is -2.21. The Bertz CT molecular complexity index is 448. The van der Waals surface area contributed by atoms with E-state index in [1.54, 1.807) is 7.11 Å². The van der Waals surface area contributed by atoms with Crippen LogP contribution in [0.2, 0.25) is 0 Å². The Kier molecular flexibility index (Phi) is 11.9. The smallest absolute Gasteiger partial charge is 0.191 e. The van der Waals surface area contributed by atoms with E-state index < -0.39 is 0 Å². The molecule has 132 valence electrons. The van der Waals surface area contributed by atoms with Crippen molar-refractivity contribution < 1.29 is 4.74 Å². The van der Waals surface area contributed by atoms with Crippen LogP contribution in [0.4, 0.5) is 0 Å². The molecule has 23 heavy (non-hydrogen) atoms. The summed E-state index contributed by atoms with van der Waals surface area (Å²) in [5.41, 5.74) is 1.16. The van der Waals surface area contributed by atoms with Gasteiger partial charge in [-0.2, -0.15) is 0 Å². The van der Waals surface area contributed by atoms with Gasteiger partial charge in [-0.1, -0.05) is 12.1 Å². The molecule has 0 aliphatic rings. The van der Waals surface area contributed by atoms with Crippen molar-refractivity contribution in [2.45, 2.75) is 33.4 Å². The first-order valence-electron chi connectivity index (χ1n) is 7.92. The van der Waals surface area contributed by atoms with Crippen molar-refractivity contribution in [2.24, 2.45) is 4.99 Å². The van der Waals surface area contributed by atoms with E-state index in [1.165, 1.54) is 0 Å². The molecule has 0 bridgehead atoms. The molecule has 0 heterocycles. The predicted molar refractivity (Wildman–Crippen MR) is 109 cm³/mol. The van der Waals surface area contributed by atoms with Gasteiger partial charge in [0.1, 0.15) is 5.75 Å². The number of nitrogens with one attached hydrogen (secondary N) is 2. The van der Waals surface area contributed by atoms with Crippen LogP contribution in [-0.4, -0.2) is 50.7 Å². The number of aliphatic imine (C=N–C) groups is 1. The van der Waals surface area contributed by atoms with Crippen molar-refractivity contribution in [3.05, 3.63) is 29.8 Å². The average Bonchev–Trinajstić information content (AvgIpc) is 2.52. The molecule has 5 nitrogen and oxygen atoms in total. The number of hydrogen-bond acceptors (Lipinski definition) is 3. The number of benzene rings is 1. The molecule has 0 saturated heterocycles. The molecule has 1 rings (SSSR count). The molecule has 0 fully saturated rings. The number of likely N-dealkylation sites (N-methyl/N-ethyl adjacent to an activating group) is 1. The summed E-state index contributed by atoms with van der Waals surface area (Å²) >= 11 is 0. The molecular weight excluding hydrogens is 403 g/mol. The molecule has 6 heteroatoms. The molecule has 2 N–H and O–H groups in total. The highest BCUT2D eigenvalue weighted by Crippen LogP contribution is 2.11. The van der Waals surface area contributed by atoms with Crippen molar-refractivity contribution >= 4 is 29.9 Å². The first-order valence-corrected chi connectivity index (χ1v) is 7.92. The maximum absolute atomic E-state index is 5.16. The van der Waals surface area contributed by atoms with Gasteiger partial charge in [-0.3, -0.25) is 0 Å². The molecule has 0 radical (unpaired) electrons. The van der Waals surface area contributed by atoms with E-state index in [4.69, 9.17) is 4.74 Å². The number of hydrogen-bond donors (Lipinski definition) is 2. The van der Waals surface area contributed by atoms with E-state index in [9.17, 15) is 0 Å². The minimum atomic E-state index is 0. The number of nitrogens with zero attached hydrogens (tertiary/aromatic N) is 2. The third-order valence-electron chi connectivity index (χ3n) is 3.56. The van der Waals surface area contributed by atoms with Gasteiger partial charge in [-0.25, -0.2) is 4.99 Å². The van der Waals surface area contributed by atoms with Crippen LogP contribution >= 0.6 is 24.0 Å². The molecule has 0 spiro atoms. The van der Waals surface area contributed by atoms with E-state index >= 15 is 0 Å². The van der Waals surface area contributed by atoms with E-state index in [2.05, 4.69) is 48.3 Å². The van der Waals surface area contributed by atoms with Gasteiger partial charge in [0.15, 0.2) is 5.96 Å². The Hall–Kier alpha value is -1.02. The van der Waals surface area contributed by atoms with Gasteiger partial charge < -0.3 is 20.3 Å². The Morgan fingerprint density at radius 1 is 1.22 bits per heavy atom. The summed E-state index contributed by atoms with van der Waals surface area (Å²) in [6, 6.07) is 8.56. The van der Waals surface area contributed by atoms with Crippen LogP contribution in [0.5, 0.6) is 5.75 Å². The monoisotopic (exact) mass is 434 g/mol. The minimum Gasteiger partial charge on any atom is -0.497 e.